The fraction of sp³-hybridized carbons (Fsp3) is 0.350. The van der Waals surface area contributed by atoms with Crippen LogP contribution in [-0.2, 0) is 11.2 Å². The minimum absolute atomic E-state index is 0.0340. The van der Waals surface area contributed by atoms with E-state index in [4.69, 9.17) is 9.47 Å². The van der Waals surface area contributed by atoms with E-state index in [9.17, 15) is 4.79 Å². The number of ether oxygens (including phenoxy) is 2. The molecule has 1 N–H and O–H groups in total. The number of hydrogen-bond acceptors (Lipinski definition) is 3. The lowest BCUT2D eigenvalue weighted by molar-refractivity contribution is -0.121. The highest BCUT2D eigenvalue weighted by Crippen LogP contribution is 2.16. The van der Waals surface area contributed by atoms with Gasteiger partial charge >= 0.3 is 0 Å². The minimum atomic E-state index is -0.0343. The Morgan fingerprint density at radius 2 is 1.83 bits per heavy atom. The molecule has 4 nitrogen and oxygen atoms in total. The number of aryl methyl sites for hydroxylation is 2. The van der Waals surface area contributed by atoms with Gasteiger partial charge in [0.2, 0.25) is 5.91 Å². The van der Waals surface area contributed by atoms with Gasteiger partial charge in [0, 0.05) is 6.42 Å². The highest BCUT2D eigenvalue weighted by Gasteiger charge is 2.09. The lowest BCUT2D eigenvalue weighted by atomic mass is 10.1. The van der Waals surface area contributed by atoms with Crippen molar-refractivity contribution in [3.8, 4) is 11.5 Å². The average molecular weight is 327 g/mol. The number of methoxy groups -OCH3 is 1. The predicted octanol–water partition coefficient (Wildman–Crippen LogP) is 3.52. The second kappa shape index (κ2) is 8.96. The number of carbonyl (C=O) groups is 1. The van der Waals surface area contributed by atoms with E-state index in [1.54, 1.807) is 7.11 Å². The summed E-state index contributed by atoms with van der Waals surface area (Å²) in [7, 11) is 1.64. The Hall–Kier alpha value is -2.49. The minimum Gasteiger partial charge on any atom is -0.497 e. The Kier molecular flexibility index (Phi) is 6.67. The van der Waals surface area contributed by atoms with Crippen molar-refractivity contribution in [2.24, 2.45) is 0 Å². The molecule has 24 heavy (non-hydrogen) atoms. The third-order valence-corrected chi connectivity index (χ3v) is 3.79. The normalized spacial score (nSPS) is 11.6. The highest BCUT2D eigenvalue weighted by atomic mass is 16.5. The van der Waals surface area contributed by atoms with Crippen LogP contribution in [0.1, 0.15) is 24.5 Å². The summed E-state index contributed by atoms with van der Waals surface area (Å²) in [6.45, 7) is 4.41. The van der Waals surface area contributed by atoms with Crippen molar-refractivity contribution in [1.82, 2.24) is 5.32 Å². The van der Waals surface area contributed by atoms with E-state index in [1.807, 2.05) is 62.4 Å². The number of amides is 1. The average Bonchev–Trinajstić information content (AvgIpc) is 2.59. The molecule has 0 bridgehead atoms. The maximum atomic E-state index is 12.0. The highest BCUT2D eigenvalue weighted by molar-refractivity contribution is 5.76. The summed E-state index contributed by atoms with van der Waals surface area (Å²) in [5, 5.41) is 2.97. The van der Waals surface area contributed by atoms with E-state index in [-0.39, 0.29) is 11.9 Å². The molecule has 2 rings (SSSR count). The Morgan fingerprint density at radius 1 is 1.12 bits per heavy atom. The smallest absolute Gasteiger partial charge is 0.220 e. The quantitative estimate of drug-likeness (QED) is 0.807. The van der Waals surface area contributed by atoms with E-state index < -0.39 is 0 Å². The fourth-order valence-electron chi connectivity index (χ4n) is 2.37. The number of rotatable bonds is 8. The first kappa shape index (κ1) is 17.9. The molecule has 0 saturated carbocycles. The first-order valence-corrected chi connectivity index (χ1v) is 8.19. The van der Waals surface area contributed by atoms with Crippen molar-refractivity contribution in [2.45, 2.75) is 32.7 Å². The van der Waals surface area contributed by atoms with Crippen LogP contribution in [0.25, 0.3) is 0 Å². The van der Waals surface area contributed by atoms with E-state index in [2.05, 4.69) is 5.32 Å². The van der Waals surface area contributed by atoms with Crippen molar-refractivity contribution in [1.29, 1.82) is 0 Å². The lowest BCUT2D eigenvalue weighted by Crippen LogP contribution is -2.36. The van der Waals surface area contributed by atoms with Crippen LogP contribution in [0.4, 0.5) is 0 Å². The maximum absolute atomic E-state index is 12.0. The van der Waals surface area contributed by atoms with E-state index in [0.29, 0.717) is 19.4 Å². The summed E-state index contributed by atoms with van der Waals surface area (Å²) < 4.78 is 10.9. The maximum Gasteiger partial charge on any atom is 0.220 e. The molecule has 0 radical (unpaired) electrons. The van der Waals surface area contributed by atoms with Crippen LogP contribution in [-0.4, -0.2) is 25.7 Å². The number of benzene rings is 2. The Bertz CT molecular complexity index is 652. The monoisotopic (exact) mass is 327 g/mol. The van der Waals surface area contributed by atoms with Crippen LogP contribution in [0.2, 0.25) is 0 Å². The number of nitrogens with one attached hydrogen (secondary N) is 1. The molecular formula is C20H25NO3. The zero-order chi connectivity index (χ0) is 17.4. The van der Waals surface area contributed by atoms with Crippen LogP contribution >= 0.6 is 0 Å². The van der Waals surface area contributed by atoms with Crippen molar-refractivity contribution >= 4 is 5.91 Å². The molecule has 1 atom stereocenters. The molecule has 0 aromatic heterocycles. The third-order valence-electron chi connectivity index (χ3n) is 3.79. The van der Waals surface area contributed by atoms with Crippen molar-refractivity contribution in [3.05, 3.63) is 59.7 Å². The van der Waals surface area contributed by atoms with Crippen LogP contribution in [0.5, 0.6) is 11.5 Å². The molecular weight excluding hydrogens is 302 g/mol. The van der Waals surface area contributed by atoms with Crippen LogP contribution in [0.3, 0.4) is 0 Å². The van der Waals surface area contributed by atoms with Gasteiger partial charge < -0.3 is 14.8 Å². The lowest BCUT2D eigenvalue weighted by Gasteiger charge is -2.16. The van der Waals surface area contributed by atoms with Gasteiger partial charge in [-0.05, 0) is 49.6 Å². The zero-order valence-electron chi connectivity index (χ0n) is 14.5. The van der Waals surface area contributed by atoms with Crippen molar-refractivity contribution in [3.63, 3.8) is 0 Å². The second-order valence-electron chi connectivity index (χ2n) is 5.89. The summed E-state index contributed by atoms with van der Waals surface area (Å²) in [4.78, 5) is 12.0. The largest absolute Gasteiger partial charge is 0.497 e. The van der Waals surface area contributed by atoms with Gasteiger partial charge in [-0.1, -0.05) is 30.3 Å². The first-order valence-electron chi connectivity index (χ1n) is 8.19. The summed E-state index contributed by atoms with van der Waals surface area (Å²) >= 11 is 0. The predicted molar refractivity (Wildman–Crippen MR) is 95.6 cm³/mol. The zero-order valence-corrected chi connectivity index (χ0v) is 14.5. The molecule has 1 amide bonds. The molecule has 0 fully saturated rings. The summed E-state index contributed by atoms with van der Waals surface area (Å²) in [5.74, 6) is 1.72. The molecule has 128 valence electrons. The van der Waals surface area contributed by atoms with Crippen molar-refractivity contribution in [2.75, 3.05) is 13.7 Å². The molecule has 2 aromatic rings. The van der Waals surface area contributed by atoms with Gasteiger partial charge in [0.25, 0.3) is 0 Å². The number of hydrogen-bond donors (Lipinski definition) is 1. The Labute approximate surface area is 143 Å². The van der Waals surface area contributed by atoms with Gasteiger partial charge in [0.05, 0.1) is 13.2 Å². The molecule has 4 heteroatoms. The van der Waals surface area contributed by atoms with E-state index in [0.717, 1.165) is 22.6 Å². The van der Waals surface area contributed by atoms with Gasteiger partial charge in [0.15, 0.2) is 0 Å². The SMILES string of the molecule is COc1ccc(CCC(=O)N[C@H](C)COc2ccccc2C)cc1. The van der Waals surface area contributed by atoms with Gasteiger partial charge in [-0.15, -0.1) is 0 Å². The molecule has 0 heterocycles. The first-order chi connectivity index (χ1) is 11.6. The number of para-hydroxylation sites is 1. The molecule has 0 saturated heterocycles. The molecule has 0 spiro atoms. The standard InChI is InChI=1S/C20H25NO3/c1-15-6-4-5-7-19(15)24-14-16(2)21-20(22)13-10-17-8-11-18(23-3)12-9-17/h4-9,11-12,16H,10,13-14H2,1-3H3,(H,21,22)/t16-/m1/s1. The molecule has 0 aliphatic heterocycles. The van der Waals surface area contributed by atoms with Crippen LogP contribution in [0.15, 0.2) is 48.5 Å². The summed E-state index contributed by atoms with van der Waals surface area (Å²) in [6.07, 6.45) is 1.17. The van der Waals surface area contributed by atoms with Gasteiger partial charge in [-0.2, -0.15) is 0 Å². The van der Waals surface area contributed by atoms with E-state index in [1.165, 1.54) is 0 Å². The Morgan fingerprint density at radius 3 is 2.50 bits per heavy atom. The van der Waals surface area contributed by atoms with Crippen molar-refractivity contribution < 1.29 is 14.3 Å². The van der Waals surface area contributed by atoms with E-state index >= 15 is 0 Å². The topological polar surface area (TPSA) is 47.6 Å². The number of carbonyl (C=O) groups excluding carboxylic acids is 1. The molecule has 0 aliphatic rings. The third kappa shape index (κ3) is 5.61. The summed E-state index contributed by atoms with van der Waals surface area (Å²) in [5.41, 5.74) is 2.21. The van der Waals surface area contributed by atoms with Crippen LogP contribution < -0.4 is 14.8 Å². The van der Waals surface area contributed by atoms with Gasteiger partial charge in [-0.25, -0.2) is 0 Å². The Balaban J connectivity index is 1.72. The molecule has 0 unspecified atom stereocenters. The summed E-state index contributed by atoms with van der Waals surface area (Å²) in [6, 6.07) is 15.6. The van der Waals surface area contributed by atoms with Crippen LogP contribution in [0, 0.1) is 6.92 Å². The molecule has 0 aliphatic carbocycles. The molecule has 2 aromatic carbocycles. The fourth-order valence-corrected chi connectivity index (χ4v) is 2.37. The second-order valence-corrected chi connectivity index (χ2v) is 5.89. The van der Waals surface area contributed by atoms with Gasteiger partial charge in [0.1, 0.15) is 18.1 Å². The van der Waals surface area contributed by atoms with Gasteiger partial charge in [-0.3, -0.25) is 4.79 Å².